The summed E-state index contributed by atoms with van der Waals surface area (Å²) in [6, 6.07) is 17.5. The molecule has 2 aromatic carbocycles. The Kier molecular flexibility index (Phi) is 7.68. The van der Waals surface area contributed by atoms with Crippen molar-refractivity contribution in [1.29, 1.82) is 0 Å². The maximum absolute atomic E-state index is 12.9. The molecule has 1 amide bonds. The van der Waals surface area contributed by atoms with E-state index in [1.54, 1.807) is 24.3 Å². The molecule has 202 valence electrons. The van der Waals surface area contributed by atoms with Crippen LogP contribution in [0.15, 0.2) is 54.6 Å². The van der Waals surface area contributed by atoms with Crippen LogP contribution in [0.3, 0.4) is 0 Å². The van der Waals surface area contributed by atoms with Gasteiger partial charge in [-0.3, -0.25) is 9.69 Å². The fraction of sp³-hybridized carbons (Fsp3) is 0.367. The molecule has 7 nitrogen and oxygen atoms in total. The first-order chi connectivity index (χ1) is 19.1. The molecule has 1 saturated heterocycles. The van der Waals surface area contributed by atoms with Crippen LogP contribution < -0.4 is 9.64 Å². The van der Waals surface area contributed by atoms with Crippen molar-refractivity contribution in [2.45, 2.75) is 26.3 Å². The third-order valence-corrected chi connectivity index (χ3v) is 8.93. The molecule has 2 aliphatic heterocycles. The monoisotopic (exact) mass is 561 g/mol. The van der Waals surface area contributed by atoms with Crippen LogP contribution in [0.5, 0.6) is 5.75 Å². The maximum atomic E-state index is 12.9. The summed E-state index contributed by atoms with van der Waals surface area (Å²) in [4.78, 5) is 32.3. The molecule has 0 N–H and O–H groups in total. The van der Waals surface area contributed by atoms with E-state index in [-0.39, 0.29) is 12.5 Å². The molecule has 4 heterocycles. The van der Waals surface area contributed by atoms with Crippen LogP contribution in [-0.2, 0) is 24.2 Å². The number of halogens is 1. The molecule has 0 radical (unpaired) electrons. The lowest BCUT2D eigenvalue weighted by Gasteiger charge is -2.36. The van der Waals surface area contributed by atoms with E-state index in [9.17, 15) is 4.79 Å². The largest absolute Gasteiger partial charge is 0.484 e. The minimum atomic E-state index is -0.00484. The number of fused-ring (bicyclic) bond motifs is 3. The first-order valence-corrected chi connectivity index (χ1v) is 14.8. The first-order valence-electron chi connectivity index (χ1n) is 13.6. The molecule has 4 aromatic rings. The summed E-state index contributed by atoms with van der Waals surface area (Å²) in [6.07, 6.45) is 1.73. The number of carbonyl (C=O) groups excluding carboxylic acids is 1. The number of ether oxygens (including phenoxy) is 1. The quantitative estimate of drug-likeness (QED) is 0.315. The summed E-state index contributed by atoms with van der Waals surface area (Å²) in [5.74, 6) is 2.52. The van der Waals surface area contributed by atoms with E-state index >= 15 is 0 Å². The fourth-order valence-electron chi connectivity index (χ4n) is 5.36. The average molecular weight is 562 g/mol. The Hall–Kier alpha value is -3.20. The van der Waals surface area contributed by atoms with Crippen molar-refractivity contribution in [3.8, 4) is 5.75 Å². The molecule has 0 unspecified atom stereocenters. The van der Waals surface area contributed by atoms with Crippen molar-refractivity contribution in [2.24, 2.45) is 0 Å². The SMILES string of the molecule is CCN1CCc2c(sc3nc(Cc4ccccc4)nc(N4CCN(C(=O)COc5ccc(Cl)cc5)CC4)c23)C1. The van der Waals surface area contributed by atoms with E-state index in [1.807, 2.05) is 22.3 Å². The van der Waals surface area contributed by atoms with Crippen molar-refractivity contribution in [1.82, 2.24) is 19.8 Å². The van der Waals surface area contributed by atoms with E-state index < -0.39 is 0 Å². The predicted molar refractivity (Wildman–Crippen MR) is 157 cm³/mol. The summed E-state index contributed by atoms with van der Waals surface area (Å²) < 4.78 is 5.70. The Morgan fingerprint density at radius 2 is 1.77 bits per heavy atom. The van der Waals surface area contributed by atoms with Crippen molar-refractivity contribution in [3.05, 3.63) is 81.4 Å². The average Bonchev–Trinajstić information content (AvgIpc) is 3.34. The highest BCUT2D eigenvalue weighted by Crippen LogP contribution is 2.39. The molecule has 0 spiro atoms. The van der Waals surface area contributed by atoms with Gasteiger partial charge in [0.05, 0.1) is 5.39 Å². The third-order valence-electron chi connectivity index (χ3n) is 7.57. The lowest BCUT2D eigenvalue weighted by atomic mass is 10.0. The molecular formula is C30H32ClN5O2S. The van der Waals surface area contributed by atoms with E-state index in [0.29, 0.717) is 30.3 Å². The zero-order valence-electron chi connectivity index (χ0n) is 22.1. The van der Waals surface area contributed by atoms with Crippen LogP contribution in [0.25, 0.3) is 10.2 Å². The summed E-state index contributed by atoms with van der Waals surface area (Å²) in [6.45, 7) is 8.09. The van der Waals surface area contributed by atoms with Crippen LogP contribution in [-0.4, -0.2) is 71.6 Å². The van der Waals surface area contributed by atoms with Crippen molar-refractivity contribution in [3.63, 3.8) is 0 Å². The summed E-state index contributed by atoms with van der Waals surface area (Å²) >= 11 is 7.77. The summed E-state index contributed by atoms with van der Waals surface area (Å²) in [5.41, 5.74) is 2.62. The topological polar surface area (TPSA) is 61.8 Å². The highest BCUT2D eigenvalue weighted by atomic mass is 35.5. The van der Waals surface area contributed by atoms with Gasteiger partial charge in [0.2, 0.25) is 0 Å². The second kappa shape index (κ2) is 11.5. The van der Waals surface area contributed by atoms with Gasteiger partial charge in [0.1, 0.15) is 22.2 Å². The lowest BCUT2D eigenvalue weighted by molar-refractivity contribution is -0.133. The lowest BCUT2D eigenvalue weighted by Crippen LogP contribution is -2.50. The van der Waals surface area contributed by atoms with Crippen LogP contribution in [0.4, 0.5) is 5.82 Å². The number of rotatable bonds is 7. The maximum Gasteiger partial charge on any atom is 0.260 e. The number of hydrogen-bond donors (Lipinski definition) is 0. The second-order valence-corrected chi connectivity index (χ2v) is 11.6. The zero-order valence-corrected chi connectivity index (χ0v) is 23.7. The normalized spacial score (nSPS) is 15.9. The predicted octanol–water partition coefficient (Wildman–Crippen LogP) is 5.04. The van der Waals surface area contributed by atoms with Crippen LogP contribution in [0.1, 0.15) is 28.8 Å². The Bertz CT molecular complexity index is 1450. The molecule has 9 heteroatoms. The van der Waals surface area contributed by atoms with E-state index in [2.05, 4.69) is 41.0 Å². The van der Waals surface area contributed by atoms with Gasteiger partial charge < -0.3 is 14.5 Å². The number of thiophene rings is 1. The molecular weight excluding hydrogens is 530 g/mol. The molecule has 39 heavy (non-hydrogen) atoms. The number of benzene rings is 2. The van der Waals surface area contributed by atoms with Gasteiger partial charge >= 0.3 is 0 Å². The van der Waals surface area contributed by atoms with E-state index in [0.717, 1.165) is 55.6 Å². The molecule has 2 aliphatic rings. The minimum absolute atomic E-state index is 0.00484. The van der Waals surface area contributed by atoms with Crippen molar-refractivity contribution < 1.29 is 9.53 Å². The Labute approximate surface area is 238 Å². The van der Waals surface area contributed by atoms with Crippen molar-refractivity contribution >= 4 is 44.9 Å². The minimum Gasteiger partial charge on any atom is -0.484 e. The molecule has 0 aliphatic carbocycles. The van der Waals surface area contributed by atoms with Gasteiger partial charge in [-0.2, -0.15) is 0 Å². The number of carbonyl (C=O) groups is 1. The number of amides is 1. The number of piperazine rings is 1. The molecule has 0 saturated carbocycles. The van der Waals surface area contributed by atoms with E-state index in [1.165, 1.54) is 21.4 Å². The van der Waals surface area contributed by atoms with E-state index in [4.69, 9.17) is 26.3 Å². The fourth-order valence-corrected chi connectivity index (χ4v) is 6.76. The number of likely N-dealkylation sites (N-methyl/N-ethyl adjacent to an activating group) is 1. The Morgan fingerprint density at radius 3 is 2.51 bits per heavy atom. The van der Waals surface area contributed by atoms with Gasteiger partial charge in [0.15, 0.2) is 6.61 Å². The molecule has 6 rings (SSSR count). The highest BCUT2D eigenvalue weighted by Gasteiger charge is 2.28. The van der Waals surface area contributed by atoms with Gasteiger partial charge in [-0.05, 0) is 48.4 Å². The van der Waals surface area contributed by atoms with Gasteiger partial charge in [-0.15, -0.1) is 11.3 Å². The summed E-state index contributed by atoms with van der Waals surface area (Å²) in [5, 5.41) is 1.86. The smallest absolute Gasteiger partial charge is 0.260 e. The first kappa shape index (κ1) is 26.0. The van der Waals surface area contributed by atoms with Gasteiger partial charge in [0, 0.05) is 55.6 Å². The number of nitrogens with zero attached hydrogens (tertiary/aromatic N) is 5. The molecule has 1 fully saturated rings. The molecule has 0 bridgehead atoms. The van der Waals surface area contributed by atoms with Crippen LogP contribution >= 0.6 is 22.9 Å². The van der Waals surface area contributed by atoms with Gasteiger partial charge in [0.25, 0.3) is 5.91 Å². The van der Waals surface area contributed by atoms with Crippen LogP contribution in [0, 0.1) is 0 Å². The number of hydrogen-bond acceptors (Lipinski definition) is 7. The third kappa shape index (κ3) is 5.73. The number of aromatic nitrogens is 2. The zero-order chi connectivity index (χ0) is 26.8. The molecule has 0 atom stereocenters. The highest BCUT2D eigenvalue weighted by molar-refractivity contribution is 7.19. The Balaban J connectivity index is 1.22. The second-order valence-electron chi connectivity index (χ2n) is 10.0. The van der Waals surface area contributed by atoms with Crippen LogP contribution in [0.2, 0.25) is 5.02 Å². The summed E-state index contributed by atoms with van der Waals surface area (Å²) in [7, 11) is 0. The standard InChI is InChI=1S/C30H32ClN5O2S/c1-2-34-13-12-24-25(19-34)39-30-28(24)29(32-26(33-30)18-21-6-4-3-5-7-21)36-16-14-35(15-17-36)27(37)20-38-23-10-8-22(31)9-11-23/h3-11H,2,12-20H2,1H3. The Morgan fingerprint density at radius 1 is 1.00 bits per heavy atom. The van der Waals surface area contributed by atoms with Gasteiger partial charge in [-0.25, -0.2) is 9.97 Å². The van der Waals surface area contributed by atoms with Crippen molar-refractivity contribution in [2.75, 3.05) is 50.8 Å². The molecule has 2 aromatic heterocycles. The van der Waals surface area contributed by atoms with Gasteiger partial charge in [-0.1, -0.05) is 48.9 Å². The number of anilines is 1.